The lowest BCUT2D eigenvalue weighted by Gasteiger charge is -2.30. The molecule has 150 valence electrons. The van der Waals surface area contributed by atoms with Crippen LogP contribution in [0.15, 0.2) is 23.2 Å². The Morgan fingerprint density at radius 2 is 1.85 bits per heavy atom. The second-order valence-electron chi connectivity index (χ2n) is 6.82. The zero-order valence-corrected chi connectivity index (χ0v) is 19.3. The number of halogens is 1. The average Bonchev–Trinajstić information content (AvgIpc) is 2.58. The largest absolute Gasteiger partial charge is 0.493 e. The van der Waals surface area contributed by atoms with Crippen LogP contribution in [0.2, 0.25) is 0 Å². The molecule has 0 aromatic heterocycles. The molecule has 0 saturated heterocycles. The summed E-state index contributed by atoms with van der Waals surface area (Å²) in [5.74, 6) is 2.22. The van der Waals surface area contributed by atoms with E-state index in [1.807, 2.05) is 25.1 Å². The molecule has 2 N–H and O–H groups in total. The van der Waals surface area contributed by atoms with Gasteiger partial charge in [0.25, 0.3) is 0 Å². The molecule has 0 bridgehead atoms. The first-order chi connectivity index (χ1) is 11.8. The number of nitrogens with zero attached hydrogens (tertiary/aromatic N) is 1. The Bertz CT molecular complexity index is 559. The maximum Gasteiger partial charge on any atom is 0.191 e. The van der Waals surface area contributed by atoms with E-state index >= 15 is 0 Å². The van der Waals surface area contributed by atoms with Crippen molar-refractivity contribution < 1.29 is 14.2 Å². The molecular formula is C19H34IN3O3. The van der Waals surface area contributed by atoms with Gasteiger partial charge in [-0.15, -0.1) is 24.0 Å². The zero-order chi connectivity index (χ0) is 18.9. The smallest absolute Gasteiger partial charge is 0.191 e. The molecule has 26 heavy (non-hydrogen) atoms. The molecule has 0 amide bonds. The van der Waals surface area contributed by atoms with Crippen molar-refractivity contribution in [2.75, 3.05) is 34.4 Å². The molecule has 1 rings (SSSR count). The summed E-state index contributed by atoms with van der Waals surface area (Å²) in [6, 6.07) is 5.91. The maximum absolute atomic E-state index is 5.56. The minimum absolute atomic E-state index is 0. The number of hydrogen-bond donors (Lipinski definition) is 2. The number of nitrogens with one attached hydrogen (secondary N) is 2. The fraction of sp³-hybridized carbons (Fsp3) is 0.632. The molecule has 1 unspecified atom stereocenters. The lowest BCUT2D eigenvalue weighted by molar-refractivity contribution is 0.0205. The summed E-state index contributed by atoms with van der Waals surface area (Å²) in [6.07, 6.45) is 0.0941. The van der Waals surface area contributed by atoms with Gasteiger partial charge in [-0.05, 0) is 30.0 Å². The molecule has 0 saturated carbocycles. The minimum Gasteiger partial charge on any atom is -0.493 e. The molecule has 1 aromatic rings. The number of ether oxygens (including phenoxy) is 3. The van der Waals surface area contributed by atoms with Crippen LogP contribution in [-0.2, 0) is 11.3 Å². The Kier molecular flexibility index (Phi) is 11.6. The highest BCUT2D eigenvalue weighted by molar-refractivity contribution is 14.0. The van der Waals surface area contributed by atoms with E-state index in [1.165, 1.54) is 0 Å². The number of rotatable bonds is 8. The lowest BCUT2D eigenvalue weighted by atomic mass is 9.89. The molecule has 7 heteroatoms. The van der Waals surface area contributed by atoms with Gasteiger partial charge in [0.15, 0.2) is 17.5 Å². The first kappa shape index (κ1) is 24.8. The summed E-state index contributed by atoms with van der Waals surface area (Å²) in [6.45, 7) is 10.4. The van der Waals surface area contributed by atoms with Crippen LogP contribution < -0.4 is 20.1 Å². The van der Waals surface area contributed by atoms with Gasteiger partial charge in [-0.25, -0.2) is 0 Å². The number of benzene rings is 1. The van der Waals surface area contributed by atoms with Crippen molar-refractivity contribution in [3.05, 3.63) is 23.8 Å². The third kappa shape index (κ3) is 7.99. The van der Waals surface area contributed by atoms with Crippen molar-refractivity contribution >= 4 is 29.9 Å². The average molecular weight is 479 g/mol. The second-order valence-corrected chi connectivity index (χ2v) is 6.82. The molecule has 0 fully saturated rings. The predicted octanol–water partition coefficient (Wildman–Crippen LogP) is 3.44. The van der Waals surface area contributed by atoms with E-state index in [2.05, 4.69) is 36.4 Å². The van der Waals surface area contributed by atoms with Crippen LogP contribution in [0.5, 0.6) is 11.5 Å². The van der Waals surface area contributed by atoms with E-state index in [-0.39, 0.29) is 35.5 Å². The van der Waals surface area contributed by atoms with Gasteiger partial charge >= 0.3 is 0 Å². The minimum atomic E-state index is 0. The van der Waals surface area contributed by atoms with Crippen molar-refractivity contribution in [1.29, 1.82) is 0 Å². The third-order valence-corrected chi connectivity index (χ3v) is 3.92. The Labute approximate surface area is 175 Å². The van der Waals surface area contributed by atoms with E-state index < -0.39 is 0 Å². The Balaban J connectivity index is 0.00000625. The maximum atomic E-state index is 5.56. The standard InChI is InChI=1S/C19H33N3O3.HI/c1-8-25-15-10-9-14(11-16(15)23-6)12-21-18(20-5)22-13-17(24-7)19(2,3)4;/h9-11,17H,8,12-13H2,1-7H3,(H2,20,21,22);1H. The van der Waals surface area contributed by atoms with Crippen LogP contribution in [0, 0.1) is 5.41 Å². The van der Waals surface area contributed by atoms with Crippen LogP contribution in [0.4, 0.5) is 0 Å². The molecule has 0 aliphatic rings. The third-order valence-electron chi connectivity index (χ3n) is 3.92. The number of aliphatic imine (C=N–C) groups is 1. The first-order valence-corrected chi connectivity index (χ1v) is 8.62. The van der Waals surface area contributed by atoms with Crippen LogP contribution in [-0.4, -0.2) is 46.5 Å². The van der Waals surface area contributed by atoms with Gasteiger partial charge in [-0.3, -0.25) is 4.99 Å². The Morgan fingerprint density at radius 1 is 1.15 bits per heavy atom. The quantitative estimate of drug-likeness (QED) is 0.340. The first-order valence-electron chi connectivity index (χ1n) is 8.62. The summed E-state index contributed by atoms with van der Waals surface area (Å²) in [7, 11) is 5.14. The van der Waals surface area contributed by atoms with Crippen molar-refractivity contribution in [2.45, 2.75) is 40.3 Å². The summed E-state index contributed by atoms with van der Waals surface area (Å²) in [5.41, 5.74) is 1.14. The monoisotopic (exact) mass is 479 g/mol. The molecule has 0 aliphatic carbocycles. The van der Waals surface area contributed by atoms with E-state index in [9.17, 15) is 0 Å². The highest BCUT2D eigenvalue weighted by Gasteiger charge is 2.24. The van der Waals surface area contributed by atoms with E-state index in [0.29, 0.717) is 19.7 Å². The second kappa shape index (κ2) is 12.2. The molecule has 1 aromatic carbocycles. The van der Waals surface area contributed by atoms with Crippen molar-refractivity contribution in [3.8, 4) is 11.5 Å². The topological polar surface area (TPSA) is 64.1 Å². The van der Waals surface area contributed by atoms with Gasteiger partial charge in [0.05, 0.1) is 19.8 Å². The van der Waals surface area contributed by atoms with Crippen LogP contribution in [0.3, 0.4) is 0 Å². The highest BCUT2D eigenvalue weighted by atomic mass is 127. The Morgan fingerprint density at radius 3 is 2.35 bits per heavy atom. The fourth-order valence-electron chi connectivity index (χ4n) is 2.44. The van der Waals surface area contributed by atoms with E-state index in [1.54, 1.807) is 21.3 Å². The Hall–Kier alpha value is -1.22. The number of hydrogen-bond acceptors (Lipinski definition) is 4. The van der Waals surface area contributed by atoms with Gasteiger partial charge < -0.3 is 24.8 Å². The molecule has 0 heterocycles. The molecule has 1 atom stereocenters. The zero-order valence-electron chi connectivity index (χ0n) is 17.0. The van der Waals surface area contributed by atoms with Gasteiger partial charge in [-0.1, -0.05) is 26.8 Å². The summed E-state index contributed by atoms with van der Waals surface area (Å²) in [5, 5.41) is 6.62. The molecule has 0 aliphatic heterocycles. The molecule has 0 spiro atoms. The summed E-state index contributed by atoms with van der Waals surface area (Å²) >= 11 is 0. The predicted molar refractivity (Wildman–Crippen MR) is 118 cm³/mol. The normalized spacial score (nSPS) is 12.8. The lowest BCUT2D eigenvalue weighted by Crippen LogP contribution is -2.45. The van der Waals surface area contributed by atoms with Gasteiger partial charge in [0.1, 0.15) is 0 Å². The van der Waals surface area contributed by atoms with Crippen LogP contribution >= 0.6 is 24.0 Å². The van der Waals surface area contributed by atoms with Gasteiger partial charge in [-0.2, -0.15) is 0 Å². The van der Waals surface area contributed by atoms with E-state index in [0.717, 1.165) is 23.0 Å². The highest BCUT2D eigenvalue weighted by Crippen LogP contribution is 2.28. The van der Waals surface area contributed by atoms with E-state index in [4.69, 9.17) is 14.2 Å². The number of guanidine groups is 1. The van der Waals surface area contributed by atoms with Gasteiger partial charge in [0.2, 0.25) is 0 Å². The SMILES string of the molecule is CCOc1ccc(CNC(=NC)NCC(OC)C(C)(C)C)cc1OC.I. The fourth-order valence-corrected chi connectivity index (χ4v) is 2.44. The van der Waals surface area contributed by atoms with Crippen LogP contribution in [0.1, 0.15) is 33.3 Å². The number of methoxy groups -OCH3 is 2. The molecule has 0 radical (unpaired) electrons. The van der Waals surface area contributed by atoms with Crippen molar-refractivity contribution in [2.24, 2.45) is 10.4 Å². The summed E-state index contributed by atoms with van der Waals surface area (Å²) in [4.78, 5) is 4.26. The van der Waals surface area contributed by atoms with Crippen molar-refractivity contribution in [3.63, 3.8) is 0 Å². The van der Waals surface area contributed by atoms with Crippen LogP contribution in [0.25, 0.3) is 0 Å². The summed E-state index contributed by atoms with van der Waals surface area (Å²) < 4.78 is 16.5. The van der Waals surface area contributed by atoms with Gasteiger partial charge in [0, 0.05) is 27.2 Å². The van der Waals surface area contributed by atoms with Crippen molar-refractivity contribution in [1.82, 2.24) is 10.6 Å². The molecular weight excluding hydrogens is 445 g/mol. The molecule has 6 nitrogen and oxygen atoms in total.